The number of hydrogen-bond acceptors (Lipinski definition) is 4. The quantitative estimate of drug-likeness (QED) is 0.778. The first-order valence-electron chi connectivity index (χ1n) is 7.61. The van der Waals surface area contributed by atoms with E-state index in [1.54, 1.807) is 26.0 Å². The van der Waals surface area contributed by atoms with E-state index in [9.17, 15) is 17.6 Å². The van der Waals surface area contributed by atoms with Gasteiger partial charge in [-0.05, 0) is 50.2 Å². The molecule has 140 valence electrons. The molecule has 0 unspecified atom stereocenters. The summed E-state index contributed by atoms with van der Waals surface area (Å²) in [5.41, 5.74) is -0.184. The second-order valence-corrected chi connectivity index (χ2v) is 7.87. The average Bonchev–Trinajstić information content (AvgIpc) is 2.54. The van der Waals surface area contributed by atoms with Gasteiger partial charge in [-0.3, -0.25) is 4.79 Å². The molecule has 26 heavy (non-hydrogen) atoms. The van der Waals surface area contributed by atoms with Crippen molar-refractivity contribution >= 4 is 33.2 Å². The van der Waals surface area contributed by atoms with Gasteiger partial charge in [-0.2, -0.15) is 0 Å². The molecule has 1 amide bonds. The minimum Gasteiger partial charge on any atom is -0.495 e. The number of benzene rings is 2. The van der Waals surface area contributed by atoms with E-state index in [1.165, 1.54) is 13.2 Å². The van der Waals surface area contributed by atoms with Crippen LogP contribution in [0.1, 0.15) is 24.2 Å². The lowest BCUT2D eigenvalue weighted by Crippen LogP contribution is -2.30. The average molecular weight is 401 g/mol. The Kier molecular flexibility index (Phi) is 6.22. The Morgan fingerprint density at radius 3 is 2.50 bits per heavy atom. The lowest BCUT2D eigenvalue weighted by molar-refractivity contribution is 0.102. The highest BCUT2D eigenvalue weighted by atomic mass is 35.5. The van der Waals surface area contributed by atoms with Gasteiger partial charge in [0.1, 0.15) is 11.6 Å². The summed E-state index contributed by atoms with van der Waals surface area (Å²) in [5.74, 6) is -1.36. The Hall–Kier alpha value is -2.16. The van der Waals surface area contributed by atoms with E-state index in [-0.39, 0.29) is 16.6 Å². The molecule has 0 bridgehead atoms. The van der Waals surface area contributed by atoms with Gasteiger partial charge < -0.3 is 10.1 Å². The van der Waals surface area contributed by atoms with Gasteiger partial charge in [0.15, 0.2) is 0 Å². The van der Waals surface area contributed by atoms with Gasteiger partial charge in [0.2, 0.25) is 10.0 Å². The van der Waals surface area contributed by atoms with E-state index in [0.29, 0.717) is 10.8 Å². The third-order valence-corrected chi connectivity index (χ3v) is 5.18. The summed E-state index contributed by atoms with van der Waals surface area (Å²) in [6.45, 7) is 3.31. The molecule has 2 N–H and O–H groups in total. The first-order chi connectivity index (χ1) is 12.1. The first kappa shape index (κ1) is 20.2. The summed E-state index contributed by atoms with van der Waals surface area (Å²) in [6, 6.07) is 7.21. The highest BCUT2D eigenvalue weighted by Gasteiger charge is 2.21. The zero-order valence-electron chi connectivity index (χ0n) is 14.3. The van der Waals surface area contributed by atoms with Crippen molar-refractivity contribution in [3.8, 4) is 5.75 Å². The summed E-state index contributed by atoms with van der Waals surface area (Å²) >= 11 is 5.90. The molecule has 0 aromatic heterocycles. The number of carbonyl (C=O) groups excluding carboxylic acids is 1. The van der Waals surface area contributed by atoms with Crippen LogP contribution in [0.15, 0.2) is 41.3 Å². The van der Waals surface area contributed by atoms with Crippen molar-refractivity contribution in [3.05, 3.63) is 52.8 Å². The van der Waals surface area contributed by atoms with Gasteiger partial charge in [-0.25, -0.2) is 17.5 Å². The number of amides is 1. The van der Waals surface area contributed by atoms with Crippen molar-refractivity contribution in [2.75, 3.05) is 12.4 Å². The number of rotatable bonds is 6. The van der Waals surface area contributed by atoms with Crippen LogP contribution < -0.4 is 14.8 Å². The van der Waals surface area contributed by atoms with Crippen LogP contribution in [0.3, 0.4) is 0 Å². The van der Waals surface area contributed by atoms with Crippen LogP contribution in [0, 0.1) is 5.82 Å². The van der Waals surface area contributed by atoms with Gasteiger partial charge >= 0.3 is 0 Å². The minimum atomic E-state index is -3.87. The zero-order valence-corrected chi connectivity index (χ0v) is 15.9. The third-order valence-electron chi connectivity index (χ3n) is 3.29. The monoisotopic (exact) mass is 400 g/mol. The molecule has 9 heteroatoms. The van der Waals surface area contributed by atoms with E-state index in [0.717, 1.165) is 18.2 Å². The maximum absolute atomic E-state index is 14.1. The maximum atomic E-state index is 14.1. The molecule has 0 spiro atoms. The molecule has 0 aliphatic heterocycles. The van der Waals surface area contributed by atoms with Gasteiger partial charge in [0, 0.05) is 11.1 Å². The van der Waals surface area contributed by atoms with E-state index >= 15 is 0 Å². The van der Waals surface area contributed by atoms with Gasteiger partial charge in [-0.1, -0.05) is 11.6 Å². The summed E-state index contributed by atoms with van der Waals surface area (Å²) in [7, 11) is -2.46. The van der Waals surface area contributed by atoms with Crippen molar-refractivity contribution in [2.24, 2.45) is 0 Å². The molecule has 0 aliphatic rings. The number of nitrogens with one attached hydrogen (secondary N) is 2. The van der Waals surface area contributed by atoms with E-state index in [1.807, 2.05) is 0 Å². The number of ether oxygens (including phenoxy) is 1. The highest BCUT2D eigenvalue weighted by molar-refractivity contribution is 7.89. The SMILES string of the molecule is COc1ccc(Cl)cc1NC(=O)c1cc(S(=O)(=O)NC(C)C)ccc1F. The molecule has 0 saturated carbocycles. The molecule has 6 nitrogen and oxygen atoms in total. The van der Waals surface area contributed by atoms with E-state index in [4.69, 9.17) is 16.3 Å². The topological polar surface area (TPSA) is 84.5 Å². The van der Waals surface area contributed by atoms with Crippen molar-refractivity contribution in [1.29, 1.82) is 0 Å². The molecule has 0 saturated heterocycles. The van der Waals surface area contributed by atoms with Crippen LogP contribution in [-0.4, -0.2) is 27.5 Å². The molecule has 2 rings (SSSR count). The molecule has 0 aliphatic carbocycles. The molecular formula is C17H18ClFN2O4S. The second kappa shape index (κ2) is 8.03. The largest absolute Gasteiger partial charge is 0.495 e. The summed E-state index contributed by atoms with van der Waals surface area (Å²) < 4.78 is 46.1. The number of carbonyl (C=O) groups is 1. The summed E-state index contributed by atoms with van der Waals surface area (Å²) in [6.07, 6.45) is 0. The van der Waals surface area contributed by atoms with Crippen LogP contribution in [0.5, 0.6) is 5.75 Å². The predicted octanol–water partition coefficient (Wildman–Crippen LogP) is 3.43. The first-order valence-corrected chi connectivity index (χ1v) is 9.47. The molecule has 0 radical (unpaired) electrons. The summed E-state index contributed by atoms with van der Waals surface area (Å²) in [4.78, 5) is 12.2. The lowest BCUT2D eigenvalue weighted by Gasteiger charge is -2.13. The van der Waals surface area contributed by atoms with Crippen LogP contribution >= 0.6 is 11.6 Å². The van der Waals surface area contributed by atoms with Crippen LogP contribution in [-0.2, 0) is 10.0 Å². The highest BCUT2D eigenvalue weighted by Crippen LogP contribution is 2.28. The number of halogens is 2. The maximum Gasteiger partial charge on any atom is 0.258 e. The second-order valence-electron chi connectivity index (χ2n) is 5.72. The fraction of sp³-hybridized carbons (Fsp3) is 0.235. The van der Waals surface area contributed by atoms with Crippen molar-refractivity contribution in [1.82, 2.24) is 4.72 Å². The fourth-order valence-electron chi connectivity index (χ4n) is 2.19. The molecule has 2 aromatic rings. The molecule has 0 heterocycles. The number of anilines is 1. The van der Waals surface area contributed by atoms with Crippen LogP contribution in [0.2, 0.25) is 5.02 Å². The fourth-order valence-corrected chi connectivity index (χ4v) is 3.64. The molecule has 0 atom stereocenters. The Labute approximate surface area is 156 Å². The standard InChI is InChI=1S/C17H18ClFN2O4S/c1-10(2)21-26(23,24)12-5-6-14(19)13(9-12)17(22)20-15-8-11(18)4-7-16(15)25-3/h4-10,21H,1-3H3,(H,20,22). The Morgan fingerprint density at radius 2 is 1.88 bits per heavy atom. The lowest BCUT2D eigenvalue weighted by atomic mass is 10.2. The number of methoxy groups -OCH3 is 1. The smallest absolute Gasteiger partial charge is 0.258 e. The van der Waals surface area contributed by atoms with E-state index < -0.39 is 27.3 Å². The Bertz CT molecular complexity index is 932. The van der Waals surface area contributed by atoms with Crippen LogP contribution in [0.25, 0.3) is 0 Å². The van der Waals surface area contributed by atoms with E-state index in [2.05, 4.69) is 10.0 Å². The van der Waals surface area contributed by atoms with Gasteiger partial charge in [-0.15, -0.1) is 0 Å². The normalized spacial score (nSPS) is 11.5. The van der Waals surface area contributed by atoms with Crippen molar-refractivity contribution in [3.63, 3.8) is 0 Å². The van der Waals surface area contributed by atoms with Gasteiger partial charge in [0.05, 0.1) is 23.3 Å². The minimum absolute atomic E-state index is 0.212. The number of sulfonamides is 1. The molecular weight excluding hydrogens is 383 g/mol. The van der Waals surface area contributed by atoms with Crippen molar-refractivity contribution in [2.45, 2.75) is 24.8 Å². The zero-order chi connectivity index (χ0) is 19.5. The van der Waals surface area contributed by atoms with Gasteiger partial charge in [0.25, 0.3) is 5.91 Å². The Balaban J connectivity index is 2.38. The molecule has 0 fully saturated rings. The molecule has 2 aromatic carbocycles. The third kappa shape index (κ3) is 4.72. The predicted molar refractivity (Wildman–Crippen MR) is 97.8 cm³/mol. The number of hydrogen-bond donors (Lipinski definition) is 2. The summed E-state index contributed by atoms with van der Waals surface area (Å²) in [5, 5.41) is 2.82. The van der Waals surface area contributed by atoms with Crippen molar-refractivity contribution < 1.29 is 22.3 Å². The van der Waals surface area contributed by atoms with Crippen LogP contribution in [0.4, 0.5) is 10.1 Å². The Morgan fingerprint density at radius 1 is 1.19 bits per heavy atom.